The molecule has 0 aliphatic carbocycles. The molecule has 1 fully saturated rings. The van der Waals surface area contributed by atoms with Gasteiger partial charge in [0.05, 0.1) is 12.1 Å². The fraction of sp³-hybridized carbons (Fsp3) is 0.385. The van der Waals surface area contributed by atoms with Gasteiger partial charge >= 0.3 is 12.0 Å². The van der Waals surface area contributed by atoms with Gasteiger partial charge in [0.15, 0.2) is 0 Å². The van der Waals surface area contributed by atoms with E-state index in [1.807, 2.05) is 0 Å². The smallest absolute Gasteiger partial charge is 0.335 e. The fourth-order valence-corrected chi connectivity index (χ4v) is 1.88. The molecule has 2 amide bonds. The molecule has 1 aliphatic heterocycles. The number of aromatic carboxylic acids is 1. The van der Waals surface area contributed by atoms with Crippen LogP contribution in [0.1, 0.15) is 16.8 Å². The largest absolute Gasteiger partial charge is 0.492 e. The normalized spacial score (nSPS) is 14.9. The maximum absolute atomic E-state index is 11.5. The molecule has 0 radical (unpaired) electrons. The van der Waals surface area contributed by atoms with Gasteiger partial charge in [0.1, 0.15) is 12.4 Å². The minimum absolute atomic E-state index is 0.0749. The zero-order valence-corrected chi connectivity index (χ0v) is 10.5. The van der Waals surface area contributed by atoms with Gasteiger partial charge in [-0.15, -0.1) is 0 Å². The number of amides is 2. The van der Waals surface area contributed by atoms with Crippen molar-refractivity contribution in [1.29, 1.82) is 0 Å². The molecular weight excluding hydrogens is 248 g/mol. The van der Waals surface area contributed by atoms with E-state index in [0.717, 1.165) is 19.5 Å². The Morgan fingerprint density at radius 2 is 2.32 bits per heavy atom. The molecule has 6 nitrogen and oxygen atoms in total. The number of ether oxygens (including phenoxy) is 1. The maximum atomic E-state index is 11.5. The summed E-state index contributed by atoms with van der Waals surface area (Å²) in [6.07, 6.45) is 0.931. The molecule has 2 rings (SSSR count). The Morgan fingerprint density at radius 3 is 3.05 bits per heavy atom. The van der Waals surface area contributed by atoms with Crippen LogP contribution in [0.25, 0.3) is 0 Å². The van der Waals surface area contributed by atoms with Gasteiger partial charge < -0.3 is 20.1 Å². The average molecular weight is 264 g/mol. The lowest BCUT2D eigenvalue weighted by atomic mass is 10.2. The van der Waals surface area contributed by atoms with Crippen LogP contribution < -0.4 is 10.1 Å². The van der Waals surface area contributed by atoms with E-state index in [9.17, 15) is 9.59 Å². The molecule has 102 valence electrons. The number of carboxylic acid groups (broad SMARTS) is 1. The van der Waals surface area contributed by atoms with E-state index in [2.05, 4.69) is 5.32 Å². The predicted octanol–water partition coefficient (Wildman–Crippen LogP) is 1.18. The van der Waals surface area contributed by atoms with Crippen molar-refractivity contribution < 1.29 is 19.4 Å². The van der Waals surface area contributed by atoms with E-state index in [-0.39, 0.29) is 11.6 Å². The first-order valence-corrected chi connectivity index (χ1v) is 6.16. The van der Waals surface area contributed by atoms with E-state index < -0.39 is 5.97 Å². The highest BCUT2D eigenvalue weighted by atomic mass is 16.5. The monoisotopic (exact) mass is 264 g/mol. The molecule has 1 aromatic rings. The van der Waals surface area contributed by atoms with Crippen LogP contribution in [0, 0.1) is 0 Å². The van der Waals surface area contributed by atoms with Crippen LogP contribution in [0.15, 0.2) is 24.3 Å². The molecule has 0 aromatic heterocycles. The third-order valence-corrected chi connectivity index (χ3v) is 2.88. The first-order valence-electron chi connectivity index (χ1n) is 6.16. The van der Waals surface area contributed by atoms with Crippen molar-refractivity contribution in [1.82, 2.24) is 10.2 Å². The van der Waals surface area contributed by atoms with Gasteiger partial charge in [0.2, 0.25) is 0 Å². The first-order chi connectivity index (χ1) is 9.16. The summed E-state index contributed by atoms with van der Waals surface area (Å²) in [5, 5.41) is 11.6. The number of urea groups is 1. The quantitative estimate of drug-likeness (QED) is 0.837. The molecule has 0 unspecified atom stereocenters. The third-order valence-electron chi connectivity index (χ3n) is 2.88. The highest BCUT2D eigenvalue weighted by Gasteiger charge is 2.16. The van der Waals surface area contributed by atoms with Crippen molar-refractivity contribution in [2.75, 3.05) is 26.2 Å². The Balaban J connectivity index is 1.83. The summed E-state index contributed by atoms with van der Waals surface area (Å²) in [7, 11) is 0. The number of carbonyl (C=O) groups excluding carboxylic acids is 1. The second-order valence-electron chi connectivity index (χ2n) is 4.25. The van der Waals surface area contributed by atoms with E-state index in [1.165, 1.54) is 12.1 Å². The summed E-state index contributed by atoms with van der Waals surface area (Å²) in [6, 6.07) is 6.23. The number of benzene rings is 1. The molecule has 0 atom stereocenters. The van der Waals surface area contributed by atoms with Crippen molar-refractivity contribution in [3.63, 3.8) is 0 Å². The Kier molecular flexibility index (Phi) is 4.22. The molecule has 1 saturated heterocycles. The Bertz CT molecular complexity index is 475. The van der Waals surface area contributed by atoms with Crippen LogP contribution in [0.5, 0.6) is 5.75 Å². The number of rotatable bonds is 5. The number of carboxylic acids is 1. The number of hydrogen-bond donors (Lipinski definition) is 2. The lowest BCUT2D eigenvalue weighted by molar-refractivity contribution is 0.0696. The summed E-state index contributed by atoms with van der Waals surface area (Å²) in [5.74, 6) is -0.488. The Hall–Kier alpha value is -2.24. The summed E-state index contributed by atoms with van der Waals surface area (Å²) in [6.45, 7) is 2.28. The van der Waals surface area contributed by atoms with Crippen LogP contribution in [0.2, 0.25) is 0 Å². The topological polar surface area (TPSA) is 78.9 Å². The van der Waals surface area contributed by atoms with E-state index >= 15 is 0 Å². The third kappa shape index (κ3) is 3.61. The summed E-state index contributed by atoms with van der Waals surface area (Å²) < 4.78 is 5.46. The second-order valence-corrected chi connectivity index (χ2v) is 4.25. The molecular formula is C13H16N2O4. The van der Waals surface area contributed by atoms with Crippen LogP contribution in [0.3, 0.4) is 0 Å². The van der Waals surface area contributed by atoms with Gasteiger partial charge in [0.25, 0.3) is 0 Å². The van der Waals surface area contributed by atoms with Gasteiger partial charge in [-0.1, -0.05) is 6.07 Å². The van der Waals surface area contributed by atoms with E-state index in [1.54, 1.807) is 17.0 Å². The molecule has 1 heterocycles. The summed E-state index contributed by atoms with van der Waals surface area (Å²) >= 11 is 0. The van der Waals surface area contributed by atoms with Crippen molar-refractivity contribution >= 4 is 12.0 Å². The SMILES string of the molecule is O=C(O)c1cccc(OCCN2CCCNC2=O)c1. The first kappa shape index (κ1) is 13.2. The van der Waals surface area contributed by atoms with Gasteiger partial charge in [-0.2, -0.15) is 0 Å². The number of carbonyl (C=O) groups is 2. The van der Waals surface area contributed by atoms with E-state index in [0.29, 0.717) is 18.9 Å². The minimum atomic E-state index is -0.985. The molecule has 19 heavy (non-hydrogen) atoms. The minimum Gasteiger partial charge on any atom is -0.492 e. The molecule has 0 saturated carbocycles. The standard InChI is InChI=1S/C13H16N2O4/c16-12(17)10-3-1-4-11(9-10)19-8-7-15-6-2-5-14-13(15)18/h1,3-4,9H,2,5-8H2,(H,14,18)(H,16,17). The lowest BCUT2D eigenvalue weighted by Gasteiger charge is -2.27. The maximum Gasteiger partial charge on any atom is 0.335 e. The van der Waals surface area contributed by atoms with Gasteiger partial charge in [-0.05, 0) is 24.6 Å². The molecule has 0 spiro atoms. The highest BCUT2D eigenvalue weighted by molar-refractivity contribution is 5.88. The van der Waals surface area contributed by atoms with Crippen LogP contribution in [0.4, 0.5) is 4.79 Å². The number of hydrogen-bond acceptors (Lipinski definition) is 3. The molecule has 0 bridgehead atoms. The highest BCUT2D eigenvalue weighted by Crippen LogP contribution is 2.13. The van der Waals surface area contributed by atoms with Crippen molar-refractivity contribution in [2.24, 2.45) is 0 Å². The Morgan fingerprint density at radius 1 is 1.47 bits per heavy atom. The molecule has 1 aliphatic rings. The fourth-order valence-electron chi connectivity index (χ4n) is 1.88. The second kappa shape index (κ2) is 6.08. The van der Waals surface area contributed by atoms with Crippen LogP contribution in [-0.4, -0.2) is 48.2 Å². The summed E-state index contributed by atoms with van der Waals surface area (Å²) in [4.78, 5) is 23.9. The van der Waals surface area contributed by atoms with Gasteiger partial charge in [-0.25, -0.2) is 9.59 Å². The molecule has 1 aromatic carbocycles. The van der Waals surface area contributed by atoms with Crippen molar-refractivity contribution in [2.45, 2.75) is 6.42 Å². The van der Waals surface area contributed by atoms with Crippen LogP contribution in [-0.2, 0) is 0 Å². The van der Waals surface area contributed by atoms with Gasteiger partial charge in [-0.3, -0.25) is 0 Å². The van der Waals surface area contributed by atoms with Crippen molar-refractivity contribution in [3.8, 4) is 5.75 Å². The molecule has 2 N–H and O–H groups in total. The van der Waals surface area contributed by atoms with Crippen molar-refractivity contribution in [3.05, 3.63) is 29.8 Å². The lowest BCUT2D eigenvalue weighted by Crippen LogP contribution is -2.47. The Labute approximate surface area is 111 Å². The van der Waals surface area contributed by atoms with Gasteiger partial charge in [0, 0.05) is 13.1 Å². The van der Waals surface area contributed by atoms with E-state index in [4.69, 9.17) is 9.84 Å². The molecule has 6 heteroatoms. The predicted molar refractivity (Wildman–Crippen MR) is 68.5 cm³/mol. The zero-order chi connectivity index (χ0) is 13.7. The summed E-state index contributed by atoms with van der Waals surface area (Å²) in [5.41, 5.74) is 0.188. The average Bonchev–Trinajstić information content (AvgIpc) is 2.41. The number of nitrogens with one attached hydrogen (secondary N) is 1. The zero-order valence-electron chi connectivity index (χ0n) is 10.5. The number of nitrogens with zero attached hydrogens (tertiary/aromatic N) is 1. The van der Waals surface area contributed by atoms with Crippen LogP contribution >= 0.6 is 0 Å².